The number of aromatic nitrogens is 3. The second-order valence-electron chi connectivity index (χ2n) is 6.41. The third kappa shape index (κ3) is 3.66. The number of benzene rings is 1. The van der Waals surface area contributed by atoms with E-state index in [0.29, 0.717) is 24.5 Å². The van der Waals surface area contributed by atoms with Crippen LogP contribution in [-0.2, 0) is 24.3 Å². The normalized spacial score (nSPS) is 16.4. The maximum Gasteiger partial charge on any atom is 0.251 e. The molecule has 0 radical (unpaired) electrons. The van der Waals surface area contributed by atoms with E-state index in [1.165, 1.54) is 0 Å². The van der Waals surface area contributed by atoms with E-state index < -0.39 is 0 Å². The Hall–Kier alpha value is -2.41. The molecular formula is C18H24N4O3. The number of nitrogens with zero attached hydrogens (tertiary/aromatic N) is 3. The molecule has 134 valence electrons. The molecule has 25 heavy (non-hydrogen) atoms. The fraction of sp³-hybridized carbons (Fsp3) is 0.500. The van der Waals surface area contributed by atoms with Crippen molar-refractivity contribution in [1.29, 1.82) is 0 Å². The number of carbonyl (C=O) groups is 1. The third-order valence-corrected chi connectivity index (χ3v) is 4.44. The van der Waals surface area contributed by atoms with Gasteiger partial charge in [-0.1, -0.05) is 0 Å². The molecule has 1 N–H and O–H groups in total. The molecule has 1 unspecified atom stereocenters. The van der Waals surface area contributed by atoms with Crippen molar-refractivity contribution in [2.45, 2.75) is 45.9 Å². The Morgan fingerprint density at radius 1 is 1.32 bits per heavy atom. The fourth-order valence-electron chi connectivity index (χ4n) is 3.34. The van der Waals surface area contributed by atoms with Crippen LogP contribution < -0.4 is 10.1 Å². The van der Waals surface area contributed by atoms with Gasteiger partial charge >= 0.3 is 0 Å². The van der Waals surface area contributed by atoms with E-state index in [1.54, 1.807) is 14.2 Å². The Morgan fingerprint density at radius 3 is 2.68 bits per heavy atom. The summed E-state index contributed by atoms with van der Waals surface area (Å²) in [6.07, 6.45) is 1.65. The number of amides is 1. The summed E-state index contributed by atoms with van der Waals surface area (Å²) in [6.45, 7) is 4.93. The maximum atomic E-state index is 12.6. The summed E-state index contributed by atoms with van der Waals surface area (Å²) < 4.78 is 12.3. The van der Waals surface area contributed by atoms with Crippen LogP contribution >= 0.6 is 0 Å². The average molecular weight is 344 g/mol. The number of fused-ring (bicyclic) bond motifs is 1. The SMILES string of the molecule is COCc1nc2n(n1)CC(NC(=O)c1cc(C)c(OC)c(C)c1)CC2. The summed E-state index contributed by atoms with van der Waals surface area (Å²) >= 11 is 0. The van der Waals surface area contributed by atoms with Crippen LogP contribution in [0.4, 0.5) is 0 Å². The first-order chi connectivity index (χ1) is 12.0. The lowest BCUT2D eigenvalue weighted by Crippen LogP contribution is -2.41. The van der Waals surface area contributed by atoms with Crippen LogP contribution in [0.15, 0.2) is 12.1 Å². The van der Waals surface area contributed by atoms with Crippen molar-refractivity contribution >= 4 is 5.91 Å². The number of nitrogens with one attached hydrogen (secondary N) is 1. The number of hydrogen-bond acceptors (Lipinski definition) is 5. The van der Waals surface area contributed by atoms with E-state index >= 15 is 0 Å². The summed E-state index contributed by atoms with van der Waals surface area (Å²) in [5.74, 6) is 2.39. The molecule has 2 aromatic rings. The first kappa shape index (κ1) is 17.4. The van der Waals surface area contributed by atoms with Crippen molar-refractivity contribution in [2.75, 3.05) is 14.2 Å². The molecule has 1 atom stereocenters. The molecule has 0 saturated carbocycles. The zero-order valence-corrected chi connectivity index (χ0v) is 15.1. The van der Waals surface area contributed by atoms with E-state index in [1.807, 2.05) is 30.7 Å². The summed E-state index contributed by atoms with van der Waals surface area (Å²) in [5.41, 5.74) is 2.57. The summed E-state index contributed by atoms with van der Waals surface area (Å²) in [5, 5.41) is 7.54. The maximum absolute atomic E-state index is 12.6. The zero-order chi connectivity index (χ0) is 18.0. The topological polar surface area (TPSA) is 78.3 Å². The van der Waals surface area contributed by atoms with Gasteiger partial charge in [-0.15, -0.1) is 0 Å². The highest BCUT2D eigenvalue weighted by Crippen LogP contribution is 2.24. The van der Waals surface area contributed by atoms with Gasteiger partial charge in [0, 0.05) is 25.1 Å². The van der Waals surface area contributed by atoms with Gasteiger partial charge in [0.05, 0.1) is 13.7 Å². The Balaban J connectivity index is 1.69. The lowest BCUT2D eigenvalue weighted by molar-refractivity contribution is 0.0926. The standard InChI is InChI=1S/C18H24N4O3/c1-11-7-13(8-12(2)17(11)25-4)18(23)19-14-5-6-16-20-15(10-24-3)21-22(16)9-14/h7-8,14H,5-6,9-10H2,1-4H3,(H,19,23). The molecule has 0 aliphatic carbocycles. The van der Waals surface area contributed by atoms with Crippen molar-refractivity contribution < 1.29 is 14.3 Å². The van der Waals surface area contributed by atoms with Crippen molar-refractivity contribution in [2.24, 2.45) is 0 Å². The summed E-state index contributed by atoms with van der Waals surface area (Å²) in [6, 6.07) is 3.77. The molecule has 0 bridgehead atoms. The zero-order valence-electron chi connectivity index (χ0n) is 15.1. The second-order valence-corrected chi connectivity index (χ2v) is 6.41. The molecule has 0 spiro atoms. The number of carbonyl (C=O) groups excluding carboxylic acids is 1. The lowest BCUT2D eigenvalue weighted by Gasteiger charge is -2.23. The van der Waals surface area contributed by atoms with Crippen LogP contribution in [0, 0.1) is 13.8 Å². The Labute approximate surface area is 147 Å². The smallest absolute Gasteiger partial charge is 0.251 e. The molecule has 1 aromatic heterocycles. The van der Waals surface area contributed by atoms with Crippen LogP contribution in [0.2, 0.25) is 0 Å². The van der Waals surface area contributed by atoms with Gasteiger partial charge in [-0.05, 0) is 43.5 Å². The van der Waals surface area contributed by atoms with Crippen LogP contribution in [0.1, 0.15) is 39.6 Å². The molecule has 1 aromatic carbocycles. The molecule has 1 amide bonds. The van der Waals surface area contributed by atoms with Crippen LogP contribution in [0.5, 0.6) is 5.75 Å². The van der Waals surface area contributed by atoms with Crippen LogP contribution in [-0.4, -0.2) is 40.9 Å². The van der Waals surface area contributed by atoms with E-state index in [-0.39, 0.29) is 11.9 Å². The van der Waals surface area contributed by atoms with Gasteiger partial charge in [-0.2, -0.15) is 5.10 Å². The first-order valence-corrected chi connectivity index (χ1v) is 8.39. The van der Waals surface area contributed by atoms with Crippen molar-refractivity contribution in [3.8, 4) is 5.75 Å². The molecule has 7 heteroatoms. The molecule has 3 rings (SSSR count). The summed E-state index contributed by atoms with van der Waals surface area (Å²) in [7, 11) is 3.27. The Morgan fingerprint density at radius 2 is 2.04 bits per heavy atom. The Bertz CT molecular complexity index is 762. The molecule has 1 aliphatic rings. The number of hydrogen-bond donors (Lipinski definition) is 1. The average Bonchev–Trinajstić information content (AvgIpc) is 2.96. The molecular weight excluding hydrogens is 320 g/mol. The molecule has 0 saturated heterocycles. The monoisotopic (exact) mass is 344 g/mol. The van der Waals surface area contributed by atoms with Gasteiger partial charge in [0.25, 0.3) is 5.91 Å². The highest BCUT2D eigenvalue weighted by atomic mass is 16.5. The van der Waals surface area contributed by atoms with E-state index in [0.717, 1.165) is 35.5 Å². The number of aryl methyl sites for hydroxylation is 3. The second kappa shape index (κ2) is 7.23. The minimum Gasteiger partial charge on any atom is -0.496 e. The van der Waals surface area contributed by atoms with Crippen molar-refractivity contribution in [3.63, 3.8) is 0 Å². The predicted molar refractivity (Wildman–Crippen MR) is 92.8 cm³/mol. The van der Waals surface area contributed by atoms with Crippen LogP contribution in [0.25, 0.3) is 0 Å². The van der Waals surface area contributed by atoms with Gasteiger partial charge < -0.3 is 14.8 Å². The van der Waals surface area contributed by atoms with Gasteiger partial charge in [0.1, 0.15) is 18.2 Å². The third-order valence-electron chi connectivity index (χ3n) is 4.44. The van der Waals surface area contributed by atoms with Crippen molar-refractivity contribution in [1.82, 2.24) is 20.1 Å². The lowest BCUT2D eigenvalue weighted by atomic mass is 10.0. The molecule has 0 fully saturated rings. The number of methoxy groups -OCH3 is 2. The quantitative estimate of drug-likeness (QED) is 0.895. The summed E-state index contributed by atoms with van der Waals surface area (Å²) in [4.78, 5) is 17.1. The minimum atomic E-state index is -0.0699. The minimum absolute atomic E-state index is 0.0415. The fourth-order valence-corrected chi connectivity index (χ4v) is 3.34. The Kier molecular flexibility index (Phi) is 5.03. The van der Waals surface area contributed by atoms with Gasteiger partial charge in [0.2, 0.25) is 0 Å². The van der Waals surface area contributed by atoms with Gasteiger partial charge in [-0.25, -0.2) is 9.67 Å². The first-order valence-electron chi connectivity index (χ1n) is 8.39. The van der Waals surface area contributed by atoms with E-state index in [9.17, 15) is 4.79 Å². The number of rotatable bonds is 5. The molecule has 1 aliphatic heterocycles. The number of ether oxygens (including phenoxy) is 2. The van der Waals surface area contributed by atoms with Crippen LogP contribution in [0.3, 0.4) is 0 Å². The van der Waals surface area contributed by atoms with E-state index in [2.05, 4.69) is 15.4 Å². The van der Waals surface area contributed by atoms with Crippen molar-refractivity contribution in [3.05, 3.63) is 40.5 Å². The van der Waals surface area contributed by atoms with E-state index in [4.69, 9.17) is 9.47 Å². The largest absolute Gasteiger partial charge is 0.496 e. The predicted octanol–water partition coefficient (Wildman–Crippen LogP) is 1.79. The van der Waals surface area contributed by atoms with Gasteiger partial charge in [-0.3, -0.25) is 4.79 Å². The molecule has 2 heterocycles. The highest BCUT2D eigenvalue weighted by Gasteiger charge is 2.23. The highest BCUT2D eigenvalue weighted by molar-refractivity contribution is 5.95. The molecule has 7 nitrogen and oxygen atoms in total. The van der Waals surface area contributed by atoms with Gasteiger partial charge in [0.15, 0.2) is 5.82 Å².